The molecule has 0 unspecified atom stereocenters. The lowest BCUT2D eigenvalue weighted by atomic mass is 10.0. The van der Waals surface area contributed by atoms with Crippen LogP contribution >= 0.6 is 0 Å². The highest BCUT2D eigenvalue weighted by molar-refractivity contribution is 5.78. The van der Waals surface area contributed by atoms with Crippen LogP contribution < -0.4 is 10.3 Å². The van der Waals surface area contributed by atoms with Gasteiger partial charge in [-0.2, -0.15) is 5.10 Å². The van der Waals surface area contributed by atoms with Crippen molar-refractivity contribution >= 4 is 0 Å². The summed E-state index contributed by atoms with van der Waals surface area (Å²) in [5.74, 6) is 0.743. The van der Waals surface area contributed by atoms with Gasteiger partial charge in [-0.15, -0.1) is 0 Å². The maximum atomic E-state index is 11.6. The van der Waals surface area contributed by atoms with Crippen LogP contribution in [0.5, 0.6) is 5.75 Å². The summed E-state index contributed by atoms with van der Waals surface area (Å²) in [6.45, 7) is 2.76. The fourth-order valence-corrected chi connectivity index (χ4v) is 2.24. The minimum Gasteiger partial charge on any atom is -0.497 e. The smallest absolute Gasteiger partial charge is 0.270 e. The maximum absolute atomic E-state index is 11.6. The number of methoxy groups -OCH3 is 1. The molecule has 0 saturated heterocycles. The first-order valence-electron chi connectivity index (χ1n) is 6.74. The molecule has 2 aliphatic heterocycles. The van der Waals surface area contributed by atoms with E-state index in [0.29, 0.717) is 11.4 Å². The van der Waals surface area contributed by atoms with E-state index >= 15 is 0 Å². The van der Waals surface area contributed by atoms with Crippen LogP contribution in [0.2, 0.25) is 0 Å². The molecule has 3 rings (SSSR count). The Hall–Kier alpha value is -2.69. The third kappa shape index (κ3) is 2.50. The number of aromatic nitrogens is 3. The van der Waals surface area contributed by atoms with Crippen molar-refractivity contribution in [2.24, 2.45) is 0 Å². The average Bonchev–Trinajstić information content (AvgIpc) is 2.54. The second kappa shape index (κ2) is 5.36. The Labute approximate surface area is 122 Å². The summed E-state index contributed by atoms with van der Waals surface area (Å²) in [5, 5.41) is 4.57. The molecule has 0 bridgehead atoms. The van der Waals surface area contributed by atoms with Gasteiger partial charge in [-0.05, 0) is 25.1 Å². The molecule has 1 aromatic carbocycles. The Balaban J connectivity index is 2.29. The third-order valence-corrected chi connectivity index (χ3v) is 3.31. The monoisotopic (exact) mass is 281 g/mol. The van der Waals surface area contributed by atoms with Crippen molar-refractivity contribution in [1.29, 1.82) is 0 Å². The highest BCUT2D eigenvalue weighted by Gasteiger charge is 2.15. The minimum atomic E-state index is -0.261. The van der Waals surface area contributed by atoms with Crippen molar-refractivity contribution < 1.29 is 4.74 Å². The molecule has 2 aliphatic rings. The Morgan fingerprint density at radius 3 is 2.76 bits per heavy atom. The molecule has 0 aromatic heterocycles. The summed E-state index contributed by atoms with van der Waals surface area (Å²) < 4.78 is 7.09. The molecule has 2 heterocycles. The van der Waals surface area contributed by atoms with Crippen LogP contribution in [0.25, 0.3) is 22.5 Å². The van der Waals surface area contributed by atoms with E-state index in [0.717, 1.165) is 23.4 Å². The van der Waals surface area contributed by atoms with E-state index in [4.69, 9.17) is 4.74 Å². The zero-order chi connectivity index (χ0) is 14.8. The molecule has 0 fully saturated rings. The van der Waals surface area contributed by atoms with Gasteiger partial charge in [-0.25, -0.2) is 4.98 Å². The highest BCUT2D eigenvalue weighted by atomic mass is 16.5. The van der Waals surface area contributed by atoms with E-state index in [9.17, 15) is 4.79 Å². The number of pyridine rings is 1. The van der Waals surface area contributed by atoms with Gasteiger partial charge >= 0.3 is 0 Å². The van der Waals surface area contributed by atoms with Crippen molar-refractivity contribution in [2.45, 2.75) is 13.5 Å². The number of rotatable bonds is 3. The summed E-state index contributed by atoms with van der Waals surface area (Å²) >= 11 is 0. The lowest BCUT2D eigenvalue weighted by Gasteiger charge is -2.14. The molecule has 0 aliphatic carbocycles. The molecule has 0 radical (unpaired) electrons. The van der Waals surface area contributed by atoms with E-state index in [2.05, 4.69) is 10.1 Å². The van der Waals surface area contributed by atoms with Gasteiger partial charge in [0.15, 0.2) is 0 Å². The van der Waals surface area contributed by atoms with Crippen LogP contribution in [0.15, 0.2) is 47.4 Å². The number of benzene rings is 1. The Kier molecular flexibility index (Phi) is 3.39. The Morgan fingerprint density at radius 2 is 2.00 bits per heavy atom. The van der Waals surface area contributed by atoms with E-state index in [-0.39, 0.29) is 5.56 Å². The van der Waals surface area contributed by atoms with Crippen molar-refractivity contribution in [3.8, 4) is 28.3 Å². The molecular weight excluding hydrogens is 266 g/mol. The number of nitrogens with zero attached hydrogens (tertiary/aromatic N) is 3. The predicted octanol–water partition coefficient (Wildman–Crippen LogP) is 2.44. The first kappa shape index (κ1) is 13.3. The van der Waals surface area contributed by atoms with Crippen molar-refractivity contribution in [3.05, 3.63) is 52.9 Å². The van der Waals surface area contributed by atoms with Gasteiger partial charge in [-0.1, -0.05) is 12.1 Å². The van der Waals surface area contributed by atoms with Gasteiger partial charge in [0, 0.05) is 29.9 Å². The first-order valence-corrected chi connectivity index (χ1v) is 6.74. The van der Waals surface area contributed by atoms with Gasteiger partial charge in [0.2, 0.25) is 0 Å². The lowest BCUT2D eigenvalue weighted by Crippen LogP contribution is -2.12. The van der Waals surface area contributed by atoms with E-state index in [1.54, 1.807) is 13.2 Å². The fraction of sp³-hybridized carbons (Fsp3) is 0.188. The topological polar surface area (TPSA) is 57.0 Å². The predicted molar refractivity (Wildman–Crippen MR) is 80.6 cm³/mol. The zero-order valence-electron chi connectivity index (χ0n) is 11.9. The normalized spacial score (nSPS) is 10.8. The number of hydrogen-bond donors (Lipinski definition) is 0. The van der Waals surface area contributed by atoms with Crippen molar-refractivity contribution in [3.63, 3.8) is 0 Å². The summed E-state index contributed by atoms with van der Waals surface area (Å²) in [6.07, 6.45) is 1.89. The zero-order valence-corrected chi connectivity index (χ0v) is 11.9. The summed E-state index contributed by atoms with van der Waals surface area (Å²) in [6, 6.07) is 10.8. The van der Waals surface area contributed by atoms with Crippen LogP contribution in [0, 0.1) is 0 Å². The summed E-state index contributed by atoms with van der Waals surface area (Å²) in [7, 11) is 1.62. The van der Waals surface area contributed by atoms with E-state index in [1.807, 2.05) is 42.1 Å². The summed E-state index contributed by atoms with van der Waals surface area (Å²) in [4.78, 5) is 15.7. The molecule has 1 aromatic rings. The fourth-order valence-electron chi connectivity index (χ4n) is 2.24. The van der Waals surface area contributed by atoms with Crippen LogP contribution in [0.1, 0.15) is 6.92 Å². The number of aryl methyl sites for hydroxylation is 1. The molecule has 5 heteroatoms. The Bertz CT molecular complexity index is 811. The molecule has 0 N–H and O–H groups in total. The standard InChI is InChI=1S/C16H15N3O2/c1-3-19-10-12-7-8-14(20)17-15(12)16(18-19)11-5-4-6-13(9-11)21-2/h4-10H,3H2,1-2H3. The summed E-state index contributed by atoms with van der Waals surface area (Å²) in [5.41, 5.74) is 2.80. The third-order valence-electron chi connectivity index (χ3n) is 3.31. The second-order valence-electron chi connectivity index (χ2n) is 4.65. The van der Waals surface area contributed by atoms with Gasteiger partial charge in [0.25, 0.3) is 5.56 Å². The van der Waals surface area contributed by atoms with Gasteiger partial charge in [-0.3, -0.25) is 9.48 Å². The molecule has 0 amide bonds. The molecule has 0 atom stereocenters. The van der Waals surface area contributed by atoms with E-state index < -0.39 is 0 Å². The largest absolute Gasteiger partial charge is 0.497 e. The van der Waals surface area contributed by atoms with Gasteiger partial charge in [0.05, 0.1) is 7.11 Å². The molecule has 0 spiro atoms. The quantitative estimate of drug-likeness (QED) is 0.740. The van der Waals surface area contributed by atoms with Crippen LogP contribution in [0.4, 0.5) is 0 Å². The second-order valence-corrected chi connectivity index (χ2v) is 4.65. The average molecular weight is 281 g/mol. The van der Waals surface area contributed by atoms with Crippen molar-refractivity contribution in [1.82, 2.24) is 14.8 Å². The lowest BCUT2D eigenvalue weighted by molar-refractivity contribution is 0.415. The molecule has 21 heavy (non-hydrogen) atoms. The number of hydrogen-bond acceptors (Lipinski definition) is 4. The minimum absolute atomic E-state index is 0.261. The molecule has 106 valence electrons. The molecule has 5 nitrogen and oxygen atoms in total. The first-order chi connectivity index (χ1) is 10.2. The Morgan fingerprint density at radius 1 is 1.14 bits per heavy atom. The van der Waals surface area contributed by atoms with Crippen LogP contribution in [0.3, 0.4) is 0 Å². The van der Waals surface area contributed by atoms with Crippen molar-refractivity contribution in [2.75, 3.05) is 7.11 Å². The number of ether oxygens (including phenoxy) is 1. The molecule has 0 saturated carbocycles. The van der Waals surface area contributed by atoms with Gasteiger partial charge < -0.3 is 4.74 Å². The van der Waals surface area contributed by atoms with Crippen LogP contribution in [-0.2, 0) is 6.54 Å². The molecular formula is C16H15N3O2. The van der Waals surface area contributed by atoms with Gasteiger partial charge in [0.1, 0.15) is 17.1 Å². The highest BCUT2D eigenvalue weighted by Crippen LogP contribution is 2.30. The van der Waals surface area contributed by atoms with Crippen LogP contribution in [-0.4, -0.2) is 21.9 Å². The number of fused-ring (bicyclic) bond motifs is 1. The maximum Gasteiger partial charge on any atom is 0.270 e. The van der Waals surface area contributed by atoms with E-state index in [1.165, 1.54) is 6.07 Å². The SMILES string of the molecule is CCn1cc2ccc(=O)nc-2c(-c2cccc(OC)c2)n1.